The van der Waals surface area contributed by atoms with Crippen molar-refractivity contribution in [2.75, 3.05) is 23.8 Å². The number of benzene rings is 1. The van der Waals surface area contributed by atoms with Crippen molar-refractivity contribution in [3.8, 4) is 0 Å². The molecule has 1 aliphatic carbocycles. The fraction of sp³-hybridized carbons (Fsp3) is 0.538. The minimum atomic E-state index is 0.364. The van der Waals surface area contributed by atoms with E-state index in [2.05, 4.69) is 41.5 Å². The summed E-state index contributed by atoms with van der Waals surface area (Å²) in [5.74, 6) is 0. The van der Waals surface area contributed by atoms with Crippen molar-refractivity contribution in [1.29, 1.82) is 0 Å². The summed E-state index contributed by atoms with van der Waals surface area (Å²) >= 11 is 0. The van der Waals surface area contributed by atoms with Crippen LogP contribution in [0.25, 0.3) is 0 Å². The molecule has 1 aromatic rings. The van der Waals surface area contributed by atoms with E-state index in [1.807, 2.05) is 0 Å². The Morgan fingerprint density at radius 1 is 1.20 bits per heavy atom. The van der Waals surface area contributed by atoms with E-state index in [1.54, 1.807) is 0 Å². The molecule has 1 N–H and O–H groups in total. The molecule has 0 radical (unpaired) electrons. The lowest BCUT2D eigenvalue weighted by Gasteiger charge is -2.42. The number of anilines is 2. The smallest absolute Gasteiger partial charge is 0.0600 e. The van der Waals surface area contributed by atoms with Gasteiger partial charge in [-0.05, 0) is 25.0 Å². The zero-order valence-corrected chi connectivity index (χ0v) is 9.29. The molecule has 0 bridgehead atoms. The van der Waals surface area contributed by atoms with Crippen LogP contribution in [0.2, 0.25) is 0 Å². The van der Waals surface area contributed by atoms with E-state index in [1.165, 1.54) is 37.1 Å². The summed E-state index contributed by atoms with van der Waals surface area (Å²) in [4.78, 5) is 2.40. The maximum absolute atomic E-state index is 3.76. The van der Waals surface area contributed by atoms with Crippen LogP contribution in [0, 0.1) is 0 Å². The third kappa shape index (κ3) is 1.39. The lowest BCUT2D eigenvalue weighted by atomic mass is 9.93. The Balaban J connectivity index is 1.98. The van der Waals surface area contributed by atoms with Gasteiger partial charge in [0, 0.05) is 13.6 Å². The number of para-hydroxylation sites is 2. The zero-order chi connectivity index (χ0) is 10.3. The van der Waals surface area contributed by atoms with Crippen LogP contribution in [0.15, 0.2) is 24.3 Å². The fourth-order valence-corrected chi connectivity index (χ4v) is 3.11. The molecule has 3 rings (SSSR count). The van der Waals surface area contributed by atoms with E-state index in [0.717, 1.165) is 6.54 Å². The minimum Gasteiger partial charge on any atom is -0.376 e. The average Bonchev–Trinajstić information content (AvgIpc) is 2.66. The topological polar surface area (TPSA) is 15.3 Å². The summed E-state index contributed by atoms with van der Waals surface area (Å²) in [6, 6.07) is 8.63. The van der Waals surface area contributed by atoms with Gasteiger partial charge in [0.2, 0.25) is 0 Å². The molecule has 1 fully saturated rings. The molecule has 0 amide bonds. The number of nitrogens with one attached hydrogen (secondary N) is 1. The van der Waals surface area contributed by atoms with Gasteiger partial charge in [0.15, 0.2) is 0 Å². The van der Waals surface area contributed by atoms with Crippen LogP contribution in [0.1, 0.15) is 25.7 Å². The SMILES string of the molecule is CN1CC2(CCCC2)Nc2ccccc21. The maximum atomic E-state index is 3.76. The summed E-state index contributed by atoms with van der Waals surface area (Å²) in [7, 11) is 2.21. The highest BCUT2D eigenvalue weighted by Gasteiger charge is 2.38. The molecule has 1 aliphatic heterocycles. The second-order valence-corrected chi connectivity index (χ2v) is 4.99. The van der Waals surface area contributed by atoms with Crippen LogP contribution in [0.5, 0.6) is 0 Å². The highest BCUT2D eigenvalue weighted by molar-refractivity contribution is 5.73. The molecule has 1 spiro atoms. The first-order chi connectivity index (χ1) is 7.29. The Bertz CT molecular complexity index is 367. The third-order valence-electron chi connectivity index (χ3n) is 3.82. The van der Waals surface area contributed by atoms with Crippen molar-refractivity contribution < 1.29 is 0 Å². The van der Waals surface area contributed by atoms with Gasteiger partial charge in [-0.25, -0.2) is 0 Å². The normalized spacial score (nSPS) is 22.6. The van der Waals surface area contributed by atoms with Gasteiger partial charge in [-0.2, -0.15) is 0 Å². The molecular weight excluding hydrogens is 184 g/mol. The van der Waals surface area contributed by atoms with Gasteiger partial charge < -0.3 is 10.2 Å². The minimum absolute atomic E-state index is 0.364. The van der Waals surface area contributed by atoms with Gasteiger partial charge >= 0.3 is 0 Å². The van der Waals surface area contributed by atoms with Crippen LogP contribution >= 0.6 is 0 Å². The van der Waals surface area contributed by atoms with E-state index >= 15 is 0 Å². The van der Waals surface area contributed by atoms with Crippen LogP contribution < -0.4 is 10.2 Å². The molecule has 0 saturated heterocycles. The maximum Gasteiger partial charge on any atom is 0.0600 e. The first kappa shape index (κ1) is 9.08. The molecule has 80 valence electrons. The molecule has 1 aromatic carbocycles. The summed E-state index contributed by atoms with van der Waals surface area (Å²) in [6.07, 6.45) is 5.41. The van der Waals surface area contributed by atoms with E-state index in [0.29, 0.717) is 5.54 Å². The van der Waals surface area contributed by atoms with Gasteiger partial charge in [-0.1, -0.05) is 25.0 Å². The predicted molar refractivity (Wildman–Crippen MR) is 64.5 cm³/mol. The largest absolute Gasteiger partial charge is 0.376 e. The van der Waals surface area contributed by atoms with Crippen LogP contribution in [-0.4, -0.2) is 19.1 Å². The molecular formula is C13H18N2. The second kappa shape index (κ2) is 3.16. The number of hydrogen-bond acceptors (Lipinski definition) is 2. The molecule has 0 atom stereocenters. The summed E-state index contributed by atoms with van der Waals surface area (Å²) in [5.41, 5.74) is 3.02. The van der Waals surface area contributed by atoms with Gasteiger partial charge in [0.25, 0.3) is 0 Å². The van der Waals surface area contributed by atoms with Crippen molar-refractivity contribution in [3.05, 3.63) is 24.3 Å². The van der Waals surface area contributed by atoms with Crippen molar-refractivity contribution in [1.82, 2.24) is 0 Å². The van der Waals surface area contributed by atoms with Crippen LogP contribution in [0.3, 0.4) is 0 Å². The molecule has 2 heteroatoms. The zero-order valence-electron chi connectivity index (χ0n) is 9.29. The van der Waals surface area contributed by atoms with Gasteiger partial charge in [-0.15, -0.1) is 0 Å². The fourth-order valence-electron chi connectivity index (χ4n) is 3.11. The van der Waals surface area contributed by atoms with E-state index in [9.17, 15) is 0 Å². The summed E-state index contributed by atoms with van der Waals surface area (Å²) < 4.78 is 0. The average molecular weight is 202 g/mol. The molecule has 0 unspecified atom stereocenters. The number of likely N-dealkylation sites (N-methyl/N-ethyl adjacent to an activating group) is 1. The van der Waals surface area contributed by atoms with Gasteiger partial charge in [-0.3, -0.25) is 0 Å². The molecule has 1 heterocycles. The molecule has 1 saturated carbocycles. The monoisotopic (exact) mass is 202 g/mol. The summed E-state index contributed by atoms with van der Waals surface area (Å²) in [5, 5.41) is 3.76. The molecule has 15 heavy (non-hydrogen) atoms. The Morgan fingerprint density at radius 2 is 1.93 bits per heavy atom. The molecule has 0 aromatic heterocycles. The quantitative estimate of drug-likeness (QED) is 0.696. The Morgan fingerprint density at radius 3 is 2.73 bits per heavy atom. The van der Waals surface area contributed by atoms with E-state index in [4.69, 9.17) is 0 Å². The number of rotatable bonds is 0. The van der Waals surface area contributed by atoms with Crippen molar-refractivity contribution in [2.24, 2.45) is 0 Å². The predicted octanol–water partition coefficient (Wildman–Crippen LogP) is 2.86. The molecule has 2 nitrogen and oxygen atoms in total. The van der Waals surface area contributed by atoms with Crippen molar-refractivity contribution >= 4 is 11.4 Å². The Kier molecular flexibility index (Phi) is 1.91. The van der Waals surface area contributed by atoms with Crippen molar-refractivity contribution in [3.63, 3.8) is 0 Å². The number of nitrogens with zero attached hydrogens (tertiary/aromatic N) is 1. The first-order valence-electron chi connectivity index (χ1n) is 5.88. The Labute approximate surface area is 91.3 Å². The van der Waals surface area contributed by atoms with E-state index < -0.39 is 0 Å². The van der Waals surface area contributed by atoms with Crippen LogP contribution in [0.4, 0.5) is 11.4 Å². The van der Waals surface area contributed by atoms with Gasteiger partial charge in [0.05, 0.1) is 16.9 Å². The second-order valence-electron chi connectivity index (χ2n) is 4.99. The highest BCUT2D eigenvalue weighted by atomic mass is 15.2. The summed E-state index contributed by atoms with van der Waals surface area (Å²) in [6.45, 7) is 1.16. The van der Waals surface area contributed by atoms with Gasteiger partial charge in [0.1, 0.15) is 0 Å². The first-order valence-corrected chi connectivity index (χ1v) is 5.88. The Hall–Kier alpha value is -1.18. The number of fused-ring (bicyclic) bond motifs is 1. The molecule has 2 aliphatic rings. The van der Waals surface area contributed by atoms with Crippen molar-refractivity contribution in [2.45, 2.75) is 31.2 Å². The van der Waals surface area contributed by atoms with Crippen LogP contribution in [-0.2, 0) is 0 Å². The standard InChI is InChI=1S/C13H18N2/c1-15-10-13(8-4-5-9-13)14-11-6-2-3-7-12(11)15/h2-3,6-7,14H,4-5,8-10H2,1H3. The highest BCUT2D eigenvalue weighted by Crippen LogP contribution is 2.41. The number of hydrogen-bond donors (Lipinski definition) is 1. The third-order valence-corrected chi connectivity index (χ3v) is 3.82. The van der Waals surface area contributed by atoms with E-state index in [-0.39, 0.29) is 0 Å². The lowest BCUT2D eigenvalue weighted by molar-refractivity contribution is 0.472. The lowest BCUT2D eigenvalue weighted by Crippen LogP contribution is -2.49.